The maximum Gasteiger partial charge on any atom is 0.336 e. The maximum absolute atomic E-state index is 13.5. The first-order valence-electron chi connectivity index (χ1n) is 10.5. The number of carbonyl (C=O) groups is 2. The highest BCUT2D eigenvalue weighted by atomic mass is 16.5. The fraction of sp³-hybridized carbons (Fsp3) is 0.148. The Labute approximate surface area is 183 Å². The van der Waals surface area contributed by atoms with Crippen LogP contribution in [0, 0.1) is 13.8 Å². The van der Waals surface area contributed by atoms with E-state index < -0.39 is 5.63 Å². The van der Waals surface area contributed by atoms with E-state index in [1.807, 2.05) is 26.0 Å². The SMILES string of the molecule is Cc1cc(=O)oc2c(C)c3c(cc12)Cc1c(ccc2c1C(=O)c1ccccc1C2=O)CO3. The standard InChI is InChI=1S/C27H18O5/c1-13-9-22(28)32-27-14(2)26-16(10-20(13)27)11-21-15(12-31-26)7-8-19-23(21)25(30)18-6-4-3-5-17(18)24(19)29/h3-10H,11-12H2,1-2H3. The maximum atomic E-state index is 13.5. The Morgan fingerprint density at radius 3 is 2.34 bits per heavy atom. The van der Waals surface area contributed by atoms with Gasteiger partial charge in [0.1, 0.15) is 17.9 Å². The van der Waals surface area contributed by atoms with Crippen LogP contribution < -0.4 is 10.4 Å². The molecule has 5 nitrogen and oxygen atoms in total. The van der Waals surface area contributed by atoms with E-state index in [-0.39, 0.29) is 18.2 Å². The van der Waals surface area contributed by atoms with Gasteiger partial charge in [-0.2, -0.15) is 0 Å². The van der Waals surface area contributed by atoms with Crippen molar-refractivity contribution in [1.82, 2.24) is 0 Å². The summed E-state index contributed by atoms with van der Waals surface area (Å²) >= 11 is 0. The lowest BCUT2D eigenvalue weighted by Crippen LogP contribution is -2.23. The quantitative estimate of drug-likeness (QED) is 0.339. The summed E-state index contributed by atoms with van der Waals surface area (Å²) in [6.07, 6.45) is 0.449. The van der Waals surface area contributed by atoms with Crippen LogP contribution in [0.15, 0.2) is 57.7 Å². The first-order chi connectivity index (χ1) is 15.4. The van der Waals surface area contributed by atoms with Crippen molar-refractivity contribution in [2.24, 2.45) is 0 Å². The first kappa shape index (κ1) is 18.8. The van der Waals surface area contributed by atoms with Crippen molar-refractivity contribution >= 4 is 22.5 Å². The molecule has 0 N–H and O–H groups in total. The van der Waals surface area contributed by atoms with Crippen molar-refractivity contribution in [3.8, 4) is 5.75 Å². The van der Waals surface area contributed by atoms with Crippen LogP contribution >= 0.6 is 0 Å². The molecule has 32 heavy (non-hydrogen) atoms. The third kappa shape index (κ3) is 2.48. The fourth-order valence-electron chi connectivity index (χ4n) is 4.97. The normalized spacial score (nSPS) is 14.2. The Morgan fingerprint density at radius 2 is 1.56 bits per heavy atom. The summed E-state index contributed by atoms with van der Waals surface area (Å²) in [4.78, 5) is 38.6. The van der Waals surface area contributed by atoms with Crippen molar-refractivity contribution in [3.63, 3.8) is 0 Å². The predicted molar refractivity (Wildman–Crippen MR) is 119 cm³/mol. The van der Waals surface area contributed by atoms with Crippen LogP contribution in [0.3, 0.4) is 0 Å². The molecule has 4 aromatic rings. The minimum Gasteiger partial charge on any atom is -0.488 e. The second-order valence-electron chi connectivity index (χ2n) is 8.41. The van der Waals surface area contributed by atoms with Crippen LogP contribution in [-0.2, 0) is 13.0 Å². The minimum absolute atomic E-state index is 0.129. The molecule has 0 radical (unpaired) electrons. The van der Waals surface area contributed by atoms with Gasteiger partial charge in [-0.15, -0.1) is 0 Å². The van der Waals surface area contributed by atoms with E-state index in [0.29, 0.717) is 40.0 Å². The molecule has 0 saturated carbocycles. The Kier molecular flexibility index (Phi) is 3.81. The van der Waals surface area contributed by atoms with Gasteiger partial charge in [-0.25, -0.2) is 4.79 Å². The second-order valence-corrected chi connectivity index (χ2v) is 8.41. The van der Waals surface area contributed by atoms with Crippen molar-refractivity contribution in [2.75, 3.05) is 0 Å². The average molecular weight is 422 g/mol. The van der Waals surface area contributed by atoms with Gasteiger partial charge < -0.3 is 9.15 Å². The smallest absolute Gasteiger partial charge is 0.336 e. The lowest BCUT2D eigenvalue weighted by Gasteiger charge is -2.21. The van der Waals surface area contributed by atoms with E-state index in [0.717, 1.165) is 33.2 Å². The molecule has 3 aromatic carbocycles. The number of carbonyl (C=O) groups excluding carboxylic acids is 2. The second kappa shape index (κ2) is 6.50. The minimum atomic E-state index is -0.396. The third-order valence-corrected chi connectivity index (χ3v) is 6.54. The lowest BCUT2D eigenvalue weighted by atomic mass is 9.79. The van der Waals surface area contributed by atoms with Gasteiger partial charge in [0.05, 0.1) is 0 Å². The predicted octanol–water partition coefficient (Wildman–Crippen LogP) is 4.67. The van der Waals surface area contributed by atoms with Gasteiger partial charge in [0.25, 0.3) is 0 Å². The number of fused-ring (bicyclic) bond motifs is 6. The number of ketones is 2. The zero-order chi connectivity index (χ0) is 22.1. The summed E-state index contributed by atoms with van der Waals surface area (Å²) in [5, 5.41) is 0.838. The van der Waals surface area contributed by atoms with Gasteiger partial charge in [-0.1, -0.05) is 30.3 Å². The van der Waals surface area contributed by atoms with E-state index in [1.54, 1.807) is 30.3 Å². The Hall–Kier alpha value is -3.99. The Morgan fingerprint density at radius 1 is 0.812 bits per heavy atom. The molecule has 1 aliphatic carbocycles. The van der Waals surface area contributed by atoms with Gasteiger partial charge in [-0.3, -0.25) is 9.59 Å². The highest BCUT2D eigenvalue weighted by Gasteiger charge is 2.33. The van der Waals surface area contributed by atoms with Crippen molar-refractivity contribution in [1.29, 1.82) is 0 Å². The molecule has 0 bridgehead atoms. The number of rotatable bonds is 0. The largest absolute Gasteiger partial charge is 0.488 e. The van der Waals surface area contributed by atoms with Crippen LogP contribution in [-0.4, -0.2) is 11.6 Å². The number of benzene rings is 3. The van der Waals surface area contributed by atoms with Gasteiger partial charge in [0.15, 0.2) is 11.6 Å². The molecular formula is C27H18O5. The van der Waals surface area contributed by atoms with Crippen LogP contribution in [0.5, 0.6) is 5.75 Å². The van der Waals surface area contributed by atoms with Crippen LogP contribution in [0.25, 0.3) is 11.0 Å². The molecule has 156 valence electrons. The molecule has 0 amide bonds. The zero-order valence-electron chi connectivity index (χ0n) is 17.6. The summed E-state index contributed by atoms with van der Waals surface area (Å²) < 4.78 is 11.6. The van der Waals surface area contributed by atoms with Gasteiger partial charge in [0, 0.05) is 45.7 Å². The van der Waals surface area contributed by atoms with Crippen molar-refractivity contribution in [2.45, 2.75) is 26.9 Å². The van der Waals surface area contributed by atoms with Gasteiger partial charge in [-0.05, 0) is 48.2 Å². The highest BCUT2D eigenvalue weighted by molar-refractivity contribution is 6.29. The van der Waals surface area contributed by atoms with E-state index in [1.165, 1.54) is 6.07 Å². The number of ether oxygens (including phenoxy) is 1. The number of aryl methyl sites for hydroxylation is 2. The topological polar surface area (TPSA) is 73.6 Å². The molecule has 0 fully saturated rings. The van der Waals surface area contributed by atoms with E-state index >= 15 is 0 Å². The molecule has 1 aliphatic heterocycles. The summed E-state index contributed by atoms with van der Waals surface area (Å²) in [6, 6.07) is 14.0. The van der Waals surface area contributed by atoms with Crippen molar-refractivity contribution < 1.29 is 18.7 Å². The van der Waals surface area contributed by atoms with Crippen molar-refractivity contribution in [3.05, 3.63) is 109 Å². The molecule has 6 rings (SSSR count). The molecule has 0 atom stereocenters. The van der Waals surface area contributed by atoms with Crippen LogP contribution in [0.4, 0.5) is 0 Å². The first-order valence-corrected chi connectivity index (χ1v) is 10.5. The molecule has 0 unspecified atom stereocenters. The molecule has 2 heterocycles. The molecule has 1 aromatic heterocycles. The zero-order valence-corrected chi connectivity index (χ0v) is 17.6. The van der Waals surface area contributed by atoms with E-state index in [9.17, 15) is 14.4 Å². The Balaban J connectivity index is 1.60. The van der Waals surface area contributed by atoms with E-state index in [4.69, 9.17) is 9.15 Å². The summed E-state index contributed by atoms with van der Waals surface area (Å²) in [7, 11) is 0. The number of hydrogen-bond donors (Lipinski definition) is 0. The fourth-order valence-corrected chi connectivity index (χ4v) is 4.97. The summed E-state index contributed by atoms with van der Waals surface area (Å²) in [5.74, 6) is 0.400. The third-order valence-electron chi connectivity index (χ3n) is 6.54. The Bertz CT molecular complexity index is 1570. The van der Waals surface area contributed by atoms with Gasteiger partial charge >= 0.3 is 5.63 Å². The van der Waals surface area contributed by atoms with Crippen LogP contribution in [0.2, 0.25) is 0 Å². The van der Waals surface area contributed by atoms with Gasteiger partial charge in [0.2, 0.25) is 0 Å². The lowest BCUT2D eigenvalue weighted by molar-refractivity contribution is 0.0978. The number of hydrogen-bond acceptors (Lipinski definition) is 5. The van der Waals surface area contributed by atoms with Crippen LogP contribution in [0.1, 0.15) is 59.7 Å². The monoisotopic (exact) mass is 422 g/mol. The molecule has 5 heteroatoms. The highest BCUT2D eigenvalue weighted by Crippen LogP contribution is 2.40. The average Bonchev–Trinajstić information content (AvgIpc) is 2.97. The summed E-state index contributed by atoms with van der Waals surface area (Å²) in [6.45, 7) is 4.01. The molecule has 2 aliphatic rings. The molecular weight excluding hydrogens is 404 g/mol. The molecule has 0 spiro atoms. The molecule has 0 saturated heterocycles. The summed E-state index contributed by atoms with van der Waals surface area (Å²) in [5.41, 5.74) is 6.10. The van der Waals surface area contributed by atoms with E-state index in [2.05, 4.69) is 0 Å².